The van der Waals surface area contributed by atoms with Gasteiger partial charge in [0.1, 0.15) is 5.75 Å². The van der Waals surface area contributed by atoms with E-state index >= 15 is 0 Å². The average Bonchev–Trinajstić information content (AvgIpc) is 2.97. The van der Waals surface area contributed by atoms with Crippen LogP contribution in [-0.4, -0.2) is 23.6 Å². The summed E-state index contributed by atoms with van der Waals surface area (Å²) in [5.41, 5.74) is 3.31. The van der Waals surface area contributed by atoms with Gasteiger partial charge in [-0.25, -0.2) is 0 Å². The number of nitrogens with zero attached hydrogens (tertiary/aromatic N) is 1. The highest BCUT2D eigenvalue weighted by Crippen LogP contribution is 2.48. The first-order valence-corrected chi connectivity index (χ1v) is 8.00. The zero-order valence-corrected chi connectivity index (χ0v) is 13.0. The van der Waals surface area contributed by atoms with Crippen LogP contribution in [0.2, 0.25) is 0 Å². The average molecular weight is 273 g/mol. The second-order valence-corrected chi connectivity index (χ2v) is 7.21. The van der Waals surface area contributed by atoms with Crippen molar-refractivity contribution >= 4 is 0 Å². The van der Waals surface area contributed by atoms with Crippen LogP contribution < -0.4 is 0 Å². The highest BCUT2D eigenvalue weighted by Gasteiger charge is 2.39. The fraction of sp³-hybridized carbons (Fsp3) is 0.667. The molecule has 1 aromatic carbocycles. The largest absolute Gasteiger partial charge is 0.507 e. The number of hydrogen-bond donors (Lipinski definition) is 1. The summed E-state index contributed by atoms with van der Waals surface area (Å²) in [7, 11) is 2.24. The monoisotopic (exact) mass is 273 g/mol. The number of hydrogen-bond acceptors (Lipinski definition) is 2. The zero-order chi connectivity index (χ0) is 14.3. The van der Waals surface area contributed by atoms with Gasteiger partial charge in [-0.05, 0) is 74.6 Å². The van der Waals surface area contributed by atoms with Crippen molar-refractivity contribution in [1.29, 1.82) is 0 Å². The van der Waals surface area contributed by atoms with Crippen LogP contribution in [0, 0.1) is 31.6 Å². The summed E-state index contributed by atoms with van der Waals surface area (Å²) in [6.07, 6.45) is 5.92. The molecule has 1 N–H and O–H groups in total. The van der Waals surface area contributed by atoms with Gasteiger partial charge in [-0.15, -0.1) is 0 Å². The van der Waals surface area contributed by atoms with Gasteiger partial charge in [0.15, 0.2) is 0 Å². The molecule has 2 heteroatoms. The first-order chi connectivity index (χ1) is 9.52. The maximum atomic E-state index is 9.85. The van der Waals surface area contributed by atoms with Gasteiger partial charge < -0.3 is 10.0 Å². The van der Waals surface area contributed by atoms with Crippen molar-refractivity contribution in [3.05, 3.63) is 28.8 Å². The lowest BCUT2D eigenvalue weighted by molar-refractivity contribution is 0.214. The molecule has 2 aliphatic carbocycles. The Labute approximate surface area is 122 Å². The maximum absolute atomic E-state index is 9.85. The van der Waals surface area contributed by atoms with E-state index < -0.39 is 0 Å². The van der Waals surface area contributed by atoms with Crippen LogP contribution in [0.3, 0.4) is 0 Å². The smallest absolute Gasteiger partial charge is 0.121 e. The van der Waals surface area contributed by atoms with Crippen molar-refractivity contribution in [2.45, 2.75) is 46.1 Å². The summed E-state index contributed by atoms with van der Waals surface area (Å²) in [4.78, 5) is 2.47. The fourth-order valence-corrected chi connectivity index (χ4v) is 4.51. The summed E-state index contributed by atoms with van der Waals surface area (Å²) in [5, 5.41) is 9.85. The lowest BCUT2D eigenvalue weighted by Gasteiger charge is -2.27. The van der Waals surface area contributed by atoms with Crippen LogP contribution in [0.4, 0.5) is 0 Å². The van der Waals surface area contributed by atoms with Gasteiger partial charge in [0.05, 0.1) is 0 Å². The number of fused-ring (bicyclic) bond motifs is 2. The molecule has 0 heterocycles. The van der Waals surface area contributed by atoms with E-state index in [4.69, 9.17) is 0 Å². The Kier molecular flexibility index (Phi) is 3.76. The molecule has 2 nitrogen and oxygen atoms in total. The summed E-state index contributed by atoms with van der Waals surface area (Å²) in [5.74, 6) is 3.42. The van der Waals surface area contributed by atoms with Gasteiger partial charge in [-0.2, -0.15) is 0 Å². The van der Waals surface area contributed by atoms with E-state index in [0.29, 0.717) is 5.75 Å². The number of rotatable bonds is 4. The van der Waals surface area contributed by atoms with Gasteiger partial charge >= 0.3 is 0 Å². The van der Waals surface area contributed by atoms with Gasteiger partial charge in [0.25, 0.3) is 0 Å². The Morgan fingerprint density at radius 1 is 1.15 bits per heavy atom. The molecule has 20 heavy (non-hydrogen) atoms. The van der Waals surface area contributed by atoms with Gasteiger partial charge in [0.2, 0.25) is 0 Å². The number of phenolic OH excluding ortho intramolecular Hbond substituents is 1. The minimum absolute atomic E-state index is 0.449. The lowest BCUT2D eigenvalue weighted by atomic mass is 9.88. The molecule has 0 amide bonds. The Morgan fingerprint density at radius 3 is 2.40 bits per heavy atom. The van der Waals surface area contributed by atoms with E-state index in [2.05, 4.69) is 24.1 Å². The maximum Gasteiger partial charge on any atom is 0.121 e. The van der Waals surface area contributed by atoms with Crippen molar-refractivity contribution in [3.8, 4) is 5.75 Å². The molecule has 2 fully saturated rings. The molecule has 3 unspecified atom stereocenters. The summed E-state index contributed by atoms with van der Waals surface area (Å²) < 4.78 is 0. The zero-order valence-electron chi connectivity index (χ0n) is 13.0. The van der Waals surface area contributed by atoms with Gasteiger partial charge in [-0.1, -0.05) is 18.6 Å². The second-order valence-electron chi connectivity index (χ2n) is 7.21. The number of benzene rings is 1. The molecule has 3 rings (SSSR count). The minimum Gasteiger partial charge on any atom is -0.507 e. The molecule has 0 saturated heterocycles. The summed E-state index contributed by atoms with van der Waals surface area (Å²) in [6, 6.07) is 4.25. The lowest BCUT2D eigenvalue weighted by Crippen LogP contribution is -2.28. The number of aromatic hydroxyl groups is 1. The quantitative estimate of drug-likeness (QED) is 0.900. The van der Waals surface area contributed by atoms with E-state index in [1.54, 1.807) is 0 Å². The van der Waals surface area contributed by atoms with E-state index in [1.807, 2.05) is 13.8 Å². The van der Waals surface area contributed by atoms with E-state index in [1.165, 1.54) is 37.8 Å². The van der Waals surface area contributed by atoms with Crippen molar-refractivity contribution in [3.63, 3.8) is 0 Å². The van der Waals surface area contributed by atoms with E-state index in [9.17, 15) is 5.11 Å². The predicted molar refractivity (Wildman–Crippen MR) is 82.9 cm³/mol. The first-order valence-electron chi connectivity index (χ1n) is 8.00. The highest BCUT2D eigenvalue weighted by atomic mass is 16.3. The summed E-state index contributed by atoms with van der Waals surface area (Å²) >= 11 is 0. The standard InChI is InChI=1S/C18H27NO/c1-12-6-15(7-13(2)18(12)20)10-19(3)11-17-9-14-4-5-16(17)8-14/h6-7,14,16-17,20H,4-5,8-11H2,1-3H3. The first kappa shape index (κ1) is 13.9. The van der Waals surface area contributed by atoms with Crippen molar-refractivity contribution < 1.29 is 5.11 Å². The Balaban J connectivity index is 1.60. The Morgan fingerprint density at radius 2 is 1.85 bits per heavy atom. The third kappa shape index (κ3) is 2.71. The number of aryl methyl sites for hydroxylation is 2. The van der Waals surface area contributed by atoms with Crippen molar-refractivity contribution in [2.24, 2.45) is 17.8 Å². The molecule has 0 spiro atoms. The molecule has 0 aliphatic heterocycles. The van der Waals surface area contributed by atoms with Crippen LogP contribution in [0.15, 0.2) is 12.1 Å². The Bertz CT molecular complexity index is 473. The summed E-state index contributed by atoms with van der Waals surface area (Å²) in [6.45, 7) is 6.21. The van der Waals surface area contributed by atoms with Crippen LogP contribution in [-0.2, 0) is 6.54 Å². The highest BCUT2D eigenvalue weighted by molar-refractivity contribution is 5.42. The van der Waals surface area contributed by atoms with Crippen molar-refractivity contribution in [1.82, 2.24) is 4.90 Å². The molecular formula is C18H27NO. The number of phenols is 1. The molecule has 2 saturated carbocycles. The molecule has 3 atom stereocenters. The topological polar surface area (TPSA) is 23.5 Å². The van der Waals surface area contributed by atoms with E-state index in [-0.39, 0.29) is 0 Å². The molecular weight excluding hydrogens is 246 g/mol. The molecule has 1 aromatic rings. The molecule has 0 radical (unpaired) electrons. The van der Waals surface area contributed by atoms with Crippen LogP contribution in [0.5, 0.6) is 5.75 Å². The predicted octanol–water partition coefficient (Wildman–Crippen LogP) is 3.88. The molecule has 0 aromatic heterocycles. The van der Waals surface area contributed by atoms with Crippen LogP contribution in [0.1, 0.15) is 42.4 Å². The van der Waals surface area contributed by atoms with E-state index in [0.717, 1.165) is 35.4 Å². The molecule has 2 aliphatic rings. The molecule has 2 bridgehead atoms. The van der Waals surface area contributed by atoms with Crippen LogP contribution in [0.25, 0.3) is 0 Å². The third-order valence-electron chi connectivity index (χ3n) is 5.43. The van der Waals surface area contributed by atoms with Crippen molar-refractivity contribution in [2.75, 3.05) is 13.6 Å². The minimum atomic E-state index is 0.449. The normalized spacial score (nSPS) is 28.5. The van der Waals surface area contributed by atoms with Crippen LogP contribution >= 0.6 is 0 Å². The van der Waals surface area contributed by atoms with Gasteiger partial charge in [0, 0.05) is 13.1 Å². The third-order valence-corrected chi connectivity index (χ3v) is 5.43. The fourth-order valence-electron chi connectivity index (χ4n) is 4.51. The second kappa shape index (κ2) is 5.40. The Hall–Kier alpha value is -1.02. The molecule has 110 valence electrons. The SMILES string of the molecule is Cc1cc(CN(C)CC2CC3CCC2C3)cc(C)c1O. The van der Waals surface area contributed by atoms with Gasteiger partial charge in [-0.3, -0.25) is 0 Å².